The maximum atomic E-state index is 11.7. The molecule has 1 aliphatic rings. The predicted molar refractivity (Wildman–Crippen MR) is 98.6 cm³/mol. The lowest BCUT2D eigenvalue weighted by molar-refractivity contribution is -0.120. The summed E-state index contributed by atoms with van der Waals surface area (Å²) in [6, 6.07) is 14.4. The molecule has 0 aliphatic heterocycles. The van der Waals surface area contributed by atoms with Crippen molar-refractivity contribution in [3.8, 4) is 16.9 Å². The number of methoxy groups -OCH3 is 1. The number of rotatable bonds is 4. The summed E-state index contributed by atoms with van der Waals surface area (Å²) >= 11 is 0. The second-order valence-corrected chi connectivity index (χ2v) is 6.76. The molecular weight excluding hydrogens is 312 g/mol. The number of benzene rings is 2. The van der Waals surface area contributed by atoms with Crippen LogP contribution in [0.5, 0.6) is 5.75 Å². The van der Waals surface area contributed by atoms with Gasteiger partial charge in [0.25, 0.3) is 0 Å². The van der Waals surface area contributed by atoms with Crippen molar-refractivity contribution in [1.29, 1.82) is 0 Å². The molecule has 2 N–H and O–H groups in total. The molecule has 1 aliphatic carbocycles. The van der Waals surface area contributed by atoms with Crippen LogP contribution in [0.4, 0.5) is 0 Å². The van der Waals surface area contributed by atoms with Gasteiger partial charge in [0.05, 0.1) is 18.2 Å². The number of fused-ring (bicyclic) bond motifs is 1. The number of primary amides is 1. The number of hydrogen-bond acceptors (Lipinski definition) is 3. The van der Waals surface area contributed by atoms with Crippen molar-refractivity contribution in [2.75, 3.05) is 7.11 Å². The van der Waals surface area contributed by atoms with E-state index in [2.05, 4.69) is 36.2 Å². The van der Waals surface area contributed by atoms with Gasteiger partial charge in [0.1, 0.15) is 5.75 Å². The first-order valence-electron chi connectivity index (χ1n) is 8.39. The predicted octanol–water partition coefficient (Wildman–Crippen LogP) is 3.74. The molecule has 4 rings (SSSR count). The Kier molecular flexibility index (Phi) is 3.49. The second kappa shape index (κ2) is 5.59. The molecule has 0 atom stereocenters. The van der Waals surface area contributed by atoms with E-state index in [9.17, 15) is 4.79 Å². The van der Waals surface area contributed by atoms with Crippen molar-refractivity contribution in [1.82, 2.24) is 4.98 Å². The molecule has 1 heterocycles. The maximum absolute atomic E-state index is 11.7. The van der Waals surface area contributed by atoms with E-state index in [0.717, 1.165) is 46.2 Å². The zero-order valence-corrected chi connectivity index (χ0v) is 14.4. The first-order chi connectivity index (χ1) is 12.0. The maximum Gasteiger partial charge on any atom is 0.229 e. The Morgan fingerprint density at radius 2 is 1.92 bits per heavy atom. The summed E-state index contributed by atoms with van der Waals surface area (Å²) in [6.45, 7) is 2.09. The smallest absolute Gasteiger partial charge is 0.229 e. The first-order valence-corrected chi connectivity index (χ1v) is 8.39. The molecule has 1 amide bonds. The monoisotopic (exact) mass is 332 g/mol. The van der Waals surface area contributed by atoms with Crippen LogP contribution in [0.1, 0.15) is 24.1 Å². The summed E-state index contributed by atoms with van der Waals surface area (Å²) in [4.78, 5) is 16.3. The Morgan fingerprint density at radius 3 is 2.60 bits per heavy atom. The van der Waals surface area contributed by atoms with Gasteiger partial charge in [-0.15, -0.1) is 0 Å². The molecule has 0 bridgehead atoms. The molecule has 1 aromatic heterocycles. The number of amides is 1. The fraction of sp³-hybridized carbons (Fsp3) is 0.238. The third-order valence-corrected chi connectivity index (χ3v) is 5.19. The minimum absolute atomic E-state index is 0.275. The molecule has 3 aromatic rings. The number of nitrogens with two attached hydrogens (primary N) is 1. The quantitative estimate of drug-likeness (QED) is 0.791. The fourth-order valence-electron chi connectivity index (χ4n) is 3.36. The van der Waals surface area contributed by atoms with Gasteiger partial charge in [-0.25, -0.2) is 0 Å². The summed E-state index contributed by atoms with van der Waals surface area (Å²) in [5.74, 6) is 0.564. The van der Waals surface area contributed by atoms with Gasteiger partial charge in [-0.1, -0.05) is 18.2 Å². The highest BCUT2D eigenvalue weighted by molar-refractivity contribution is 5.92. The molecule has 4 heteroatoms. The Bertz CT molecular complexity index is 990. The molecule has 25 heavy (non-hydrogen) atoms. The van der Waals surface area contributed by atoms with Gasteiger partial charge in [0.2, 0.25) is 5.91 Å². The summed E-state index contributed by atoms with van der Waals surface area (Å²) in [6.07, 6.45) is 3.43. The molecule has 1 fully saturated rings. The summed E-state index contributed by atoms with van der Waals surface area (Å²) in [5.41, 5.74) is 9.26. The number of hydrogen-bond donors (Lipinski definition) is 1. The molecular formula is C21H20N2O2. The molecule has 126 valence electrons. The Morgan fingerprint density at radius 1 is 1.12 bits per heavy atom. The Labute approximate surface area is 146 Å². The van der Waals surface area contributed by atoms with Crippen LogP contribution in [0.15, 0.2) is 48.7 Å². The van der Waals surface area contributed by atoms with E-state index in [1.165, 1.54) is 5.56 Å². The SMILES string of the molecule is COc1ccc(C)c(-c2ccc3cc(C4(C(N)=O)CC4)ncc3c2)c1. The molecule has 0 spiro atoms. The first kappa shape index (κ1) is 15.6. The van der Waals surface area contributed by atoms with E-state index in [1.807, 2.05) is 24.4 Å². The van der Waals surface area contributed by atoms with E-state index >= 15 is 0 Å². The highest BCUT2D eigenvalue weighted by Gasteiger charge is 2.51. The second-order valence-electron chi connectivity index (χ2n) is 6.76. The number of aromatic nitrogens is 1. The minimum Gasteiger partial charge on any atom is -0.497 e. The normalized spacial score (nSPS) is 15.1. The number of pyridine rings is 1. The third-order valence-electron chi connectivity index (χ3n) is 5.19. The highest BCUT2D eigenvalue weighted by atomic mass is 16.5. The Balaban J connectivity index is 1.78. The zero-order valence-electron chi connectivity index (χ0n) is 14.4. The van der Waals surface area contributed by atoms with Crippen molar-refractivity contribution in [3.63, 3.8) is 0 Å². The largest absolute Gasteiger partial charge is 0.497 e. The molecule has 0 saturated heterocycles. The average molecular weight is 332 g/mol. The zero-order chi connectivity index (χ0) is 17.6. The molecule has 0 unspecified atom stereocenters. The van der Waals surface area contributed by atoms with Crippen molar-refractivity contribution >= 4 is 16.7 Å². The van der Waals surface area contributed by atoms with E-state index in [-0.39, 0.29) is 5.91 Å². The minimum atomic E-state index is -0.545. The van der Waals surface area contributed by atoms with Gasteiger partial charge in [-0.05, 0) is 66.1 Å². The fourth-order valence-corrected chi connectivity index (χ4v) is 3.36. The Hall–Kier alpha value is -2.88. The molecule has 0 radical (unpaired) electrons. The number of aryl methyl sites for hydroxylation is 1. The number of nitrogens with zero attached hydrogens (tertiary/aromatic N) is 1. The van der Waals surface area contributed by atoms with Gasteiger partial charge in [-0.2, -0.15) is 0 Å². The van der Waals surface area contributed by atoms with Crippen LogP contribution in [-0.4, -0.2) is 18.0 Å². The molecule has 4 nitrogen and oxygen atoms in total. The number of carbonyl (C=O) groups is 1. The van der Waals surface area contributed by atoms with Crippen LogP contribution in [0.2, 0.25) is 0 Å². The van der Waals surface area contributed by atoms with Crippen LogP contribution >= 0.6 is 0 Å². The highest BCUT2D eigenvalue weighted by Crippen LogP contribution is 2.47. The average Bonchev–Trinajstić information content (AvgIpc) is 3.43. The van der Waals surface area contributed by atoms with Gasteiger partial charge in [0.15, 0.2) is 0 Å². The van der Waals surface area contributed by atoms with Gasteiger partial charge < -0.3 is 10.5 Å². The van der Waals surface area contributed by atoms with Crippen LogP contribution in [-0.2, 0) is 10.2 Å². The molecule has 2 aromatic carbocycles. The van der Waals surface area contributed by atoms with E-state index < -0.39 is 5.41 Å². The van der Waals surface area contributed by atoms with Gasteiger partial charge >= 0.3 is 0 Å². The lowest BCUT2D eigenvalue weighted by Crippen LogP contribution is -2.29. The standard InChI is InChI=1S/C21H20N2O2/c1-13-3-6-17(25-2)11-18(13)15-5-4-14-10-19(23-12-16(14)9-15)21(7-8-21)20(22)24/h3-6,9-12H,7-8H2,1-2H3,(H2,22,24). The van der Waals surface area contributed by atoms with Crippen LogP contribution in [0, 0.1) is 6.92 Å². The van der Waals surface area contributed by atoms with Crippen molar-refractivity contribution in [2.45, 2.75) is 25.2 Å². The van der Waals surface area contributed by atoms with Crippen molar-refractivity contribution in [3.05, 3.63) is 59.9 Å². The summed E-state index contributed by atoms with van der Waals surface area (Å²) in [7, 11) is 1.67. The van der Waals surface area contributed by atoms with Gasteiger partial charge in [0, 0.05) is 11.6 Å². The van der Waals surface area contributed by atoms with Crippen LogP contribution in [0.25, 0.3) is 21.9 Å². The van der Waals surface area contributed by atoms with Crippen LogP contribution in [0.3, 0.4) is 0 Å². The lowest BCUT2D eigenvalue weighted by Gasteiger charge is -2.12. The van der Waals surface area contributed by atoms with E-state index in [4.69, 9.17) is 10.5 Å². The van der Waals surface area contributed by atoms with Crippen molar-refractivity contribution < 1.29 is 9.53 Å². The number of carbonyl (C=O) groups excluding carboxylic acids is 1. The summed E-state index contributed by atoms with van der Waals surface area (Å²) < 4.78 is 5.35. The van der Waals surface area contributed by atoms with E-state index in [0.29, 0.717) is 0 Å². The number of ether oxygens (including phenoxy) is 1. The lowest BCUT2D eigenvalue weighted by atomic mass is 9.96. The van der Waals surface area contributed by atoms with Gasteiger partial charge in [-0.3, -0.25) is 9.78 Å². The topological polar surface area (TPSA) is 65.2 Å². The molecule has 1 saturated carbocycles. The summed E-state index contributed by atoms with van der Waals surface area (Å²) in [5, 5.41) is 2.12. The van der Waals surface area contributed by atoms with Crippen LogP contribution < -0.4 is 10.5 Å². The van der Waals surface area contributed by atoms with Crippen molar-refractivity contribution in [2.24, 2.45) is 5.73 Å². The van der Waals surface area contributed by atoms with E-state index in [1.54, 1.807) is 7.11 Å². The third kappa shape index (κ3) is 2.54.